The van der Waals surface area contributed by atoms with E-state index in [9.17, 15) is 5.02 Å². The van der Waals surface area contributed by atoms with Crippen molar-refractivity contribution in [2.24, 2.45) is 5.92 Å². The molecule has 6 nitrogen and oxygen atoms in total. The highest BCUT2D eigenvalue weighted by Crippen LogP contribution is 2.42. The van der Waals surface area contributed by atoms with Crippen LogP contribution >= 0.6 is 12.1 Å². The molecule has 2 aliphatic rings. The molecule has 1 saturated heterocycles. The van der Waals surface area contributed by atoms with E-state index in [1.54, 1.807) is 18.3 Å². The number of aromatic amines is 1. The van der Waals surface area contributed by atoms with Gasteiger partial charge in [0.25, 0.3) is 0 Å². The van der Waals surface area contributed by atoms with E-state index in [1.165, 1.54) is 5.57 Å². The smallest absolute Gasteiger partial charge is 0.531 e. The molecule has 1 fully saturated rings. The molecule has 4 rings (SSSR count). The number of fused-ring (bicyclic) bond motifs is 3. The molecule has 2 aliphatic heterocycles. The minimum absolute atomic E-state index is 0.431. The summed E-state index contributed by atoms with van der Waals surface area (Å²) in [6.45, 7) is 5.29. The Bertz CT molecular complexity index is 773. The Balaban J connectivity index is 1.54. The van der Waals surface area contributed by atoms with Crippen molar-refractivity contribution >= 4 is 35.9 Å². The van der Waals surface area contributed by atoms with Gasteiger partial charge in [-0.1, -0.05) is 6.92 Å². The third-order valence-corrected chi connectivity index (χ3v) is 5.81. The Morgan fingerprint density at radius 1 is 1.48 bits per heavy atom. The molecule has 8 heteroatoms. The van der Waals surface area contributed by atoms with Crippen LogP contribution in [-0.4, -0.2) is 46.0 Å². The van der Waals surface area contributed by atoms with Crippen molar-refractivity contribution in [1.29, 1.82) is 0 Å². The standard InChI is InChI=1S/C17H23BN4O2S/c1-2-6-21-25-22-8-4-12(5-9-22)14-10-18(23)24-15-11-20-17-13(16(14)15)3-7-19-17/h3,7,10-12,21,23H,2,4-6,8-9H2,1H3,(H,19,20). The number of nitrogens with zero attached hydrogens (tertiary/aromatic N) is 2. The van der Waals surface area contributed by atoms with Crippen LogP contribution in [0.15, 0.2) is 24.4 Å². The van der Waals surface area contributed by atoms with Gasteiger partial charge in [-0.15, -0.1) is 0 Å². The minimum Gasteiger partial charge on any atom is -0.531 e. The summed E-state index contributed by atoms with van der Waals surface area (Å²) >= 11 is 1.74. The van der Waals surface area contributed by atoms with Crippen LogP contribution in [0.3, 0.4) is 0 Å². The molecule has 0 aromatic carbocycles. The van der Waals surface area contributed by atoms with Crippen LogP contribution in [0.2, 0.25) is 0 Å². The first-order valence-electron chi connectivity index (χ1n) is 8.94. The van der Waals surface area contributed by atoms with Gasteiger partial charge < -0.3 is 14.7 Å². The third-order valence-electron chi connectivity index (χ3n) is 4.85. The van der Waals surface area contributed by atoms with Gasteiger partial charge in [0.05, 0.1) is 6.20 Å². The molecule has 2 aromatic rings. The zero-order chi connectivity index (χ0) is 17.2. The summed E-state index contributed by atoms with van der Waals surface area (Å²) in [5.74, 6) is 2.98. The van der Waals surface area contributed by atoms with Gasteiger partial charge in [0, 0.05) is 48.9 Å². The lowest BCUT2D eigenvalue weighted by molar-refractivity contribution is 0.333. The normalized spacial score (nSPS) is 19.0. The topological polar surface area (TPSA) is 73.4 Å². The lowest BCUT2D eigenvalue weighted by Crippen LogP contribution is -2.33. The van der Waals surface area contributed by atoms with Crippen molar-refractivity contribution in [1.82, 2.24) is 19.0 Å². The Hall–Kier alpha value is -1.48. The molecule has 132 valence electrons. The lowest BCUT2D eigenvalue weighted by atomic mass is 9.74. The number of hydrogen-bond acceptors (Lipinski definition) is 6. The Morgan fingerprint density at radius 2 is 2.32 bits per heavy atom. The molecule has 0 atom stereocenters. The summed E-state index contributed by atoms with van der Waals surface area (Å²) in [4.78, 5) is 7.55. The number of aromatic nitrogens is 2. The fraction of sp³-hybridized carbons (Fsp3) is 0.471. The lowest BCUT2D eigenvalue weighted by Gasteiger charge is -2.34. The van der Waals surface area contributed by atoms with Crippen LogP contribution in [-0.2, 0) is 0 Å². The first-order chi connectivity index (χ1) is 12.3. The molecule has 0 saturated carbocycles. The molecule has 0 amide bonds. The quantitative estimate of drug-likeness (QED) is 0.434. The molecule has 0 spiro atoms. The van der Waals surface area contributed by atoms with Gasteiger partial charge >= 0.3 is 7.12 Å². The summed E-state index contributed by atoms with van der Waals surface area (Å²) in [7, 11) is -0.890. The number of piperidine rings is 1. The van der Waals surface area contributed by atoms with E-state index in [4.69, 9.17) is 4.65 Å². The number of nitrogens with one attached hydrogen (secondary N) is 2. The Labute approximate surface area is 152 Å². The van der Waals surface area contributed by atoms with Gasteiger partial charge in [-0.3, -0.25) is 4.72 Å². The molecule has 2 aromatic heterocycles. The number of rotatable bonds is 5. The predicted octanol–water partition coefficient (Wildman–Crippen LogP) is 2.63. The second kappa shape index (κ2) is 7.41. The average molecular weight is 358 g/mol. The molecule has 25 heavy (non-hydrogen) atoms. The highest BCUT2D eigenvalue weighted by atomic mass is 32.2. The number of allylic oxidation sites excluding steroid dienone is 1. The average Bonchev–Trinajstić information content (AvgIpc) is 3.10. The predicted molar refractivity (Wildman–Crippen MR) is 103 cm³/mol. The van der Waals surface area contributed by atoms with E-state index < -0.39 is 7.12 Å². The molecule has 0 bridgehead atoms. The molecule has 0 unspecified atom stereocenters. The number of H-pyrrole nitrogens is 1. The van der Waals surface area contributed by atoms with Crippen LogP contribution in [0.1, 0.15) is 31.7 Å². The fourth-order valence-electron chi connectivity index (χ4n) is 3.62. The van der Waals surface area contributed by atoms with E-state index in [0.717, 1.165) is 55.5 Å². The van der Waals surface area contributed by atoms with Crippen LogP contribution in [0, 0.1) is 5.92 Å². The van der Waals surface area contributed by atoms with E-state index in [-0.39, 0.29) is 0 Å². The monoisotopic (exact) mass is 358 g/mol. The molecule has 0 aliphatic carbocycles. The highest BCUT2D eigenvalue weighted by molar-refractivity contribution is 7.95. The maximum atomic E-state index is 10.1. The van der Waals surface area contributed by atoms with Crippen LogP contribution in [0.5, 0.6) is 5.75 Å². The van der Waals surface area contributed by atoms with Crippen LogP contribution < -0.4 is 9.38 Å². The van der Waals surface area contributed by atoms with E-state index >= 15 is 0 Å². The first-order valence-corrected chi connectivity index (χ1v) is 9.71. The van der Waals surface area contributed by atoms with Crippen molar-refractivity contribution < 1.29 is 9.68 Å². The molecule has 0 radical (unpaired) electrons. The zero-order valence-corrected chi connectivity index (χ0v) is 15.2. The van der Waals surface area contributed by atoms with E-state index in [2.05, 4.69) is 25.9 Å². The summed E-state index contributed by atoms with van der Waals surface area (Å²) in [5.41, 5.74) is 3.15. The molecular weight excluding hydrogens is 335 g/mol. The fourth-order valence-corrected chi connectivity index (χ4v) is 4.49. The van der Waals surface area contributed by atoms with E-state index in [1.807, 2.05) is 18.2 Å². The Kier molecular flexibility index (Phi) is 5.03. The van der Waals surface area contributed by atoms with Crippen molar-refractivity contribution in [2.45, 2.75) is 26.2 Å². The highest BCUT2D eigenvalue weighted by Gasteiger charge is 2.32. The van der Waals surface area contributed by atoms with Gasteiger partial charge in [0.1, 0.15) is 11.4 Å². The first kappa shape index (κ1) is 17.0. The summed E-state index contributed by atoms with van der Waals surface area (Å²) in [6, 6.07) is 2.04. The molecular formula is C17H23BN4O2S. The van der Waals surface area contributed by atoms with Crippen LogP contribution in [0.25, 0.3) is 16.6 Å². The summed E-state index contributed by atoms with van der Waals surface area (Å²) in [6.07, 6.45) is 6.91. The van der Waals surface area contributed by atoms with Crippen molar-refractivity contribution in [3.05, 3.63) is 30.0 Å². The maximum Gasteiger partial charge on any atom is 0.552 e. The molecule has 4 heterocycles. The second-order valence-corrected chi connectivity index (χ2v) is 7.54. The SMILES string of the molecule is CCCNSN1CCC(C2=CB(O)Oc3cnc4[nH]ccc4c32)CC1. The second-order valence-electron chi connectivity index (χ2n) is 6.56. The van der Waals surface area contributed by atoms with Gasteiger partial charge in [-0.25, -0.2) is 9.29 Å². The zero-order valence-electron chi connectivity index (χ0n) is 14.4. The van der Waals surface area contributed by atoms with Crippen molar-refractivity contribution in [2.75, 3.05) is 19.6 Å². The Morgan fingerprint density at radius 3 is 3.12 bits per heavy atom. The van der Waals surface area contributed by atoms with Gasteiger partial charge in [0.15, 0.2) is 0 Å². The summed E-state index contributed by atoms with van der Waals surface area (Å²) in [5, 5.41) is 11.2. The van der Waals surface area contributed by atoms with Crippen LogP contribution in [0.4, 0.5) is 0 Å². The largest absolute Gasteiger partial charge is 0.552 e. The van der Waals surface area contributed by atoms with Crippen molar-refractivity contribution in [3.63, 3.8) is 0 Å². The van der Waals surface area contributed by atoms with Gasteiger partial charge in [-0.05, 0) is 42.8 Å². The number of hydrogen-bond donors (Lipinski definition) is 3. The van der Waals surface area contributed by atoms with Crippen molar-refractivity contribution in [3.8, 4) is 5.75 Å². The maximum absolute atomic E-state index is 10.1. The number of pyridine rings is 1. The molecule has 3 N–H and O–H groups in total. The van der Waals surface area contributed by atoms with Gasteiger partial charge in [0.2, 0.25) is 0 Å². The summed E-state index contributed by atoms with van der Waals surface area (Å²) < 4.78 is 11.4. The van der Waals surface area contributed by atoms with Gasteiger partial charge in [-0.2, -0.15) is 0 Å². The minimum atomic E-state index is -0.890. The third kappa shape index (κ3) is 3.44. The van der Waals surface area contributed by atoms with E-state index in [0.29, 0.717) is 11.7 Å².